The molecule has 0 unspecified atom stereocenters. The van der Waals surface area contributed by atoms with Gasteiger partial charge in [0.1, 0.15) is 11.6 Å². The summed E-state index contributed by atoms with van der Waals surface area (Å²) in [5.41, 5.74) is 9.14. The van der Waals surface area contributed by atoms with E-state index >= 15 is 0 Å². The van der Waals surface area contributed by atoms with Gasteiger partial charge in [-0.05, 0) is 74.2 Å². The fourth-order valence-corrected chi connectivity index (χ4v) is 3.77. The molecule has 28 heavy (non-hydrogen) atoms. The van der Waals surface area contributed by atoms with Gasteiger partial charge >= 0.3 is 0 Å². The first-order valence-corrected chi connectivity index (χ1v) is 9.72. The van der Waals surface area contributed by atoms with Gasteiger partial charge in [0.05, 0.1) is 0 Å². The number of benzene rings is 1. The van der Waals surface area contributed by atoms with Crippen LogP contribution < -0.4 is 21.7 Å². The summed E-state index contributed by atoms with van der Waals surface area (Å²) >= 11 is 0. The number of nitrogens with one attached hydrogen (secondary N) is 3. The number of rotatable bonds is 9. The first-order chi connectivity index (χ1) is 13.1. The van der Waals surface area contributed by atoms with E-state index in [4.69, 9.17) is 5.73 Å². The van der Waals surface area contributed by atoms with Crippen molar-refractivity contribution in [2.24, 2.45) is 5.92 Å². The highest BCUT2D eigenvalue weighted by atomic mass is 35.5. The molecular formula is C21H31ClFN5. The largest absolute Gasteiger partial charge is 0.384 e. The fraction of sp³-hybridized carbons (Fsp3) is 0.476. The minimum Gasteiger partial charge on any atom is -0.384 e. The van der Waals surface area contributed by atoms with E-state index in [1.807, 2.05) is 19.1 Å². The van der Waals surface area contributed by atoms with Crippen molar-refractivity contribution in [3.05, 3.63) is 59.0 Å². The average Bonchev–Trinajstić information content (AvgIpc) is 3.04. The molecule has 5 N–H and O–H groups in total. The van der Waals surface area contributed by atoms with Crippen molar-refractivity contribution in [1.82, 2.24) is 20.9 Å². The Morgan fingerprint density at radius 2 is 2.00 bits per heavy atom. The maximum Gasteiger partial charge on any atom is 0.123 e. The molecule has 1 fully saturated rings. The SMILES string of the molecule is Cc1cc(C[C@H]2CNC[C@H]2NCCNCCc2cccc(F)c2)cc(N)n1.Cl. The van der Waals surface area contributed by atoms with E-state index in [9.17, 15) is 4.39 Å². The molecule has 7 heteroatoms. The van der Waals surface area contributed by atoms with Gasteiger partial charge in [0, 0.05) is 31.4 Å². The maximum atomic E-state index is 13.2. The highest BCUT2D eigenvalue weighted by Gasteiger charge is 2.26. The Balaban J connectivity index is 0.00000280. The first kappa shape index (κ1) is 22.6. The predicted molar refractivity (Wildman–Crippen MR) is 115 cm³/mol. The Morgan fingerprint density at radius 3 is 2.79 bits per heavy atom. The quantitative estimate of drug-likeness (QED) is 0.479. The molecule has 1 aromatic carbocycles. The third-order valence-electron chi connectivity index (χ3n) is 5.06. The molecule has 0 bridgehead atoms. The number of halogens is 2. The van der Waals surface area contributed by atoms with Crippen LogP contribution in [0.25, 0.3) is 0 Å². The number of anilines is 1. The van der Waals surface area contributed by atoms with Crippen LogP contribution in [0.4, 0.5) is 10.2 Å². The lowest BCUT2D eigenvalue weighted by atomic mass is 9.95. The molecule has 0 amide bonds. The van der Waals surface area contributed by atoms with E-state index in [-0.39, 0.29) is 18.2 Å². The molecule has 154 valence electrons. The van der Waals surface area contributed by atoms with Crippen LogP contribution in [0.3, 0.4) is 0 Å². The fourth-order valence-electron chi connectivity index (χ4n) is 3.77. The zero-order chi connectivity index (χ0) is 19.1. The monoisotopic (exact) mass is 407 g/mol. The summed E-state index contributed by atoms with van der Waals surface area (Å²) in [6.07, 6.45) is 1.85. The minimum absolute atomic E-state index is 0. The summed E-state index contributed by atoms with van der Waals surface area (Å²) in [5.74, 6) is 0.988. The molecule has 1 aliphatic rings. The molecule has 5 nitrogen and oxygen atoms in total. The molecule has 0 spiro atoms. The Hall–Kier alpha value is -1.73. The summed E-state index contributed by atoms with van der Waals surface area (Å²) in [5, 5.41) is 10.6. The van der Waals surface area contributed by atoms with Crippen LogP contribution in [0.15, 0.2) is 36.4 Å². The summed E-state index contributed by atoms with van der Waals surface area (Å²) in [6, 6.07) is 11.4. The zero-order valence-corrected chi connectivity index (χ0v) is 17.2. The Morgan fingerprint density at radius 1 is 1.14 bits per heavy atom. The number of nitrogens with two attached hydrogens (primary N) is 1. The molecule has 2 aromatic rings. The lowest BCUT2D eigenvalue weighted by Crippen LogP contribution is -2.40. The summed E-state index contributed by atoms with van der Waals surface area (Å²) in [6.45, 7) is 6.67. The van der Waals surface area contributed by atoms with Gasteiger partial charge in [-0.25, -0.2) is 9.37 Å². The second-order valence-corrected chi connectivity index (χ2v) is 7.35. The van der Waals surface area contributed by atoms with Gasteiger partial charge in [-0.15, -0.1) is 12.4 Å². The first-order valence-electron chi connectivity index (χ1n) is 9.72. The van der Waals surface area contributed by atoms with Crippen molar-refractivity contribution in [3.63, 3.8) is 0 Å². The lowest BCUT2D eigenvalue weighted by molar-refractivity contribution is 0.422. The van der Waals surface area contributed by atoms with E-state index in [1.165, 1.54) is 11.6 Å². The standard InChI is InChI=1S/C21H30FN5.ClH/c1-15-9-17(12-21(23)27-15)10-18-13-25-14-20(18)26-8-7-24-6-5-16-3-2-4-19(22)11-16;/h2-4,9,11-12,18,20,24-26H,5-8,10,13-14H2,1H3,(H2,23,27);1H/t18-,20+;/m0./s1. The van der Waals surface area contributed by atoms with Crippen LogP contribution in [0.5, 0.6) is 0 Å². The molecule has 0 saturated carbocycles. The smallest absolute Gasteiger partial charge is 0.123 e. The highest BCUT2D eigenvalue weighted by molar-refractivity contribution is 5.85. The molecule has 2 heterocycles. The van der Waals surface area contributed by atoms with Crippen molar-refractivity contribution < 1.29 is 4.39 Å². The third kappa shape index (κ3) is 7.02. The summed E-state index contributed by atoms with van der Waals surface area (Å²) < 4.78 is 13.2. The van der Waals surface area contributed by atoms with Gasteiger partial charge in [-0.3, -0.25) is 0 Å². The molecule has 1 aromatic heterocycles. The van der Waals surface area contributed by atoms with E-state index in [0.717, 1.165) is 56.8 Å². The number of aromatic nitrogens is 1. The van der Waals surface area contributed by atoms with Crippen LogP contribution >= 0.6 is 12.4 Å². The second kappa shape index (κ2) is 11.3. The molecule has 2 atom stereocenters. The molecule has 3 rings (SSSR count). The van der Waals surface area contributed by atoms with Gasteiger partial charge in [-0.2, -0.15) is 0 Å². The normalized spacial score (nSPS) is 18.8. The van der Waals surface area contributed by atoms with Crippen LogP contribution in [0.1, 0.15) is 16.8 Å². The third-order valence-corrected chi connectivity index (χ3v) is 5.06. The van der Waals surface area contributed by atoms with Crippen LogP contribution in [0.2, 0.25) is 0 Å². The van der Waals surface area contributed by atoms with Gasteiger partial charge in [0.25, 0.3) is 0 Å². The zero-order valence-electron chi connectivity index (χ0n) is 16.4. The Bertz CT molecular complexity index is 722. The lowest BCUT2D eigenvalue weighted by Gasteiger charge is -2.20. The van der Waals surface area contributed by atoms with Crippen molar-refractivity contribution in [2.75, 3.05) is 38.5 Å². The van der Waals surface area contributed by atoms with Crippen molar-refractivity contribution in [1.29, 1.82) is 0 Å². The second-order valence-electron chi connectivity index (χ2n) is 7.35. The number of hydrogen-bond acceptors (Lipinski definition) is 5. The van der Waals surface area contributed by atoms with Gasteiger partial charge in [0.15, 0.2) is 0 Å². The number of nitrogens with zero attached hydrogens (tertiary/aromatic N) is 1. The van der Waals surface area contributed by atoms with E-state index in [2.05, 4.69) is 27.0 Å². The highest BCUT2D eigenvalue weighted by Crippen LogP contribution is 2.18. The molecule has 0 aliphatic carbocycles. The van der Waals surface area contributed by atoms with Crippen molar-refractivity contribution in [2.45, 2.75) is 25.8 Å². The van der Waals surface area contributed by atoms with E-state index in [0.29, 0.717) is 17.8 Å². The molecule has 0 radical (unpaired) electrons. The Kier molecular flexibility index (Phi) is 9.12. The molecule has 1 aliphatic heterocycles. The summed E-state index contributed by atoms with van der Waals surface area (Å²) in [7, 11) is 0. The predicted octanol–water partition coefficient (Wildman–Crippen LogP) is 2.09. The van der Waals surface area contributed by atoms with Gasteiger partial charge < -0.3 is 21.7 Å². The van der Waals surface area contributed by atoms with Crippen LogP contribution in [0, 0.1) is 18.7 Å². The van der Waals surface area contributed by atoms with Crippen molar-refractivity contribution in [3.8, 4) is 0 Å². The average molecular weight is 408 g/mol. The number of hydrogen-bond donors (Lipinski definition) is 4. The maximum absolute atomic E-state index is 13.2. The van der Waals surface area contributed by atoms with E-state index < -0.39 is 0 Å². The van der Waals surface area contributed by atoms with Crippen LogP contribution in [-0.4, -0.2) is 43.7 Å². The summed E-state index contributed by atoms with van der Waals surface area (Å²) in [4.78, 5) is 4.25. The number of aryl methyl sites for hydroxylation is 1. The van der Waals surface area contributed by atoms with Crippen molar-refractivity contribution >= 4 is 18.2 Å². The molecular weight excluding hydrogens is 377 g/mol. The van der Waals surface area contributed by atoms with Crippen LogP contribution in [-0.2, 0) is 12.8 Å². The molecule has 1 saturated heterocycles. The Labute approximate surface area is 173 Å². The van der Waals surface area contributed by atoms with Gasteiger partial charge in [0.2, 0.25) is 0 Å². The number of pyridine rings is 1. The number of nitrogen functional groups attached to an aromatic ring is 1. The minimum atomic E-state index is -0.167. The van der Waals surface area contributed by atoms with Gasteiger partial charge in [-0.1, -0.05) is 12.1 Å². The topological polar surface area (TPSA) is 75.0 Å². The van der Waals surface area contributed by atoms with E-state index in [1.54, 1.807) is 12.1 Å².